The smallest absolute Gasteiger partial charge is 0.432 e. The summed E-state index contributed by atoms with van der Waals surface area (Å²) in [4.78, 5) is 28.0. The summed E-state index contributed by atoms with van der Waals surface area (Å²) in [6.45, 7) is 1.79. The van der Waals surface area contributed by atoms with Gasteiger partial charge in [0.05, 0.1) is 10.7 Å². The summed E-state index contributed by atoms with van der Waals surface area (Å²) in [5, 5.41) is -0.140. The molecule has 0 aliphatic heterocycles. The molecule has 34 heavy (non-hydrogen) atoms. The number of halogens is 5. The molecule has 1 saturated carbocycles. The van der Waals surface area contributed by atoms with Crippen LogP contribution in [0, 0.1) is 12.7 Å². The molecule has 4 aromatic rings. The Morgan fingerprint density at radius 1 is 1.15 bits per heavy atom. The van der Waals surface area contributed by atoms with Gasteiger partial charge in [0, 0.05) is 23.9 Å². The van der Waals surface area contributed by atoms with Crippen LogP contribution in [0.1, 0.15) is 35.8 Å². The van der Waals surface area contributed by atoms with Crippen LogP contribution in [0.5, 0.6) is 0 Å². The van der Waals surface area contributed by atoms with Crippen molar-refractivity contribution in [2.75, 3.05) is 0 Å². The molecule has 3 heterocycles. The second kappa shape index (κ2) is 8.01. The van der Waals surface area contributed by atoms with Gasteiger partial charge in [0.25, 0.3) is 0 Å². The molecule has 12 heteroatoms. The summed E-state index contributed by atoms with van der Waals surface area (Å²) in [5.41, 5.74) is 0.672. The molecule has 0 unspecified atom stereocenters. The lowest BCUT2D eigenvalue weighted by Crippen LogP contribution is -2.24. The molecule has 0 radical (unpaired) electrons. The number of aromatic nitrogens is 5. The number of hydrogen-bond donors (Lipinski definition) is 0. The van der Waals surface area contributed by atoms with E-state index >= 15 is 0 Å². The molecule has 1 fully saturated rings. The minimum Gasteiger partial charge on any atom is -0.432 e. The standard InChI is InChI=1S/C22H14ClF4N5O2/c1-10-9-32(21(33)30-16(10)11-2-3-11)18-17(12-4-5-13(23)14(24)8-12)34-19(31-18)15-6-7-28-20(29-15)22(25,26)27/h4-9,11H,2-3H2,1H3. The summed E-state index contributed by atoms with van der Waals surface area (Å²) in [5.74, 6) is -2.37. The van der Waals surface area contributed by atoms with Crippen LogP contribution in [0.25, 0.3) is 28.7 Å². The van der Waals surface area contributed by atoms with Crippen LogP contribution in [0.15, 0.2) is 45.9 Å². The summed E-state index contributed by atoms with van der Waals surface area (Å²) in [7, 11) is 0. The van der Waals surface area contributed by atoms with Crippen LogP contribution < -0.4 is 5.69 Å². The fourth-order valence-electron chi connectivity index (χ4n) is 3.51. The lowest BCUT2D eigenvalue weighted by molar-refractivity contribution is -0.144. The molecular formula is C22H14ClF4N5O2. The second-order valence-electron chi connectivity index (χ2n) is 7.80. The monoisotopic (exact) mass is 491 g/mol. The van der Waals surface area contributed by atoms with Crippen LogP contribution >= 0.6 is 11.6 Å². The number of oxazole rings is 1. The van der Waals surface area contributed by atoms with Gasteiger partial charge in [0.1, 0.15) is 11.5 Å². The Morgan fingerprint density at radius 3 is 2.59 bits per heavy atom. The molecule has 3 aromatic heterocycles. The molecular weight excluding hydrogens is 478 g/mol. The minimum atomic E-state index is -4.79. The van der Waals surface area contributed by atoms with Gasteiger partial charge in [0.15, 0.2) is 11.6 Å². The molecule has 1 aliphatic carbocycles. The van der Waals surface area contributed by atoms with Gasteiger partial charge in [-0.15, -0.1) is 0 Å². The Bertz CT molecular complexity index is 1480. The molecule has 1 aliphatic rings. The zero-order valence-corrected chi connectivity index (χ0v) is 18.2. The molecule has 0 spiro atoms. The van der Waals surface area contributed by atoms with Crippen molar-refractivity contribution in [2.45, 2.75) is 31.9 Å². The van der Waals surface area contributed by atoms with Gasteiger partial charge in [-0.3, -0.25) is 0 Å². The molecule has 0 N–H and O–H groups in total. The van der Waals surface area contributed by atoms with Crippen molar-refractivity contribution in [3.63, 3.8) is 0 Å². The first-order valence-corrected chi connectivity index (χ1v) is 10.5. The fourth-order valence-corrected chi connectivity index (χ4v) is 3.62. The number of alkyl halides is 3. The van der Waals surface area contributed by atoms with E-state index in [0.29, 0.717) is 5.69 Å². The quantitative estimate of drug-likeness (QED) is 0.358. The van der Waals surface area contributed by atoms with E-state index in [4.69, 9.17) is 16.0 Å². The Kier molecular flexibility index (Phi) is 5.23. The highest BCUT2D eigenvalue weighted by atomic mass is 35.5. The van der Waals surface area contributed by atoms with Gasteiger partial charge in [-0.2, -0.15) is 23.1 Å². The van der Waals surface area contributed by atoms with Crippen LogP contribution in [0.3, 0.4) is 0 Å². The molecule has 0 amide bonds. The first-order chi connectivity index (χ1) is 16.1. The highest BCUT2D eigenvalue weighted by molar-refractivity contribution is 6.30. The van der Waals surface area contributed by atoms with E-state index < -0.39 is 23.5 Å². The Labute approximate surface area is 194 Å². The van der Waals surface area contributed by atoms with Gasteiger partial charge in [0.2, 0.25) is 11.7 Å². The second-order valence-corrected chi connectivity index (χ2v) is 8.21. The number of rotatable bonds is 4. The number of hydrogen-bond acceptors (Lipinski definition) is 6. The van der Waals surface area contributed by atoms with Crippen molar-refractivity contribution in [2.24, 2.45) is 0 Å². The van der Waals surface area contributed by atoms with Crippen molar-refractivity contribution >= 4 is 11.6 Å². The predicted molar refractivity (Wildman–Crippen MR) is 113 cm³/mol. The third kappa shape index (κ3) is 4.07. The van der Waals surface area contributed by atoms with Crippen LogP contribution in [-0.4, -0.2) is 24.5 Å². The summed E-state index contributed by atoms with van der Waals surface area (Å²) < 4.78 is 60.3. The van der Waals surface area contributed by atoms with E-state index in [9.17, 15) is 22.4 Å². The van der Waals surface area contributed by atoms with E-state index in [1.807, 2.05) is 0 Å². The molecule has 0 atom stereocenters. The molecule has 0 bridgehead atoms. The predicted octanol–water partition coefficient (Wildman–Crippen LogP) is 5.34. The van der Waals surface area contributed by atoms with Crippen molar-refractivity contribution in [1.82, 2.24) is 24.5 Å². The van der Waals surface area contributed by atoms with Gasteiger partial charge in [-0.25, -0.2) is 23.7 Å². The van der Waals surface area contributed by atoms with Crippen LogP contribution in [-0.2, 0) is 6.18 Å². The summed E-state index contributed by atoms with van der Waals surface area (Å²) in [6, 6.07) is 4.97. The lowest BCUT2D eigenvalue weighted by atomic mass is 10.1. The average molecular weight is 492 g/mol. The number of nitrogens with zero attached hydrogens (tertiary/aromatic N) is 5. The Morgan fingerprint density at radius 2 is 1.91 bits per heavy atom. The molecule has 1 aromatic carbocycles. The molecule has 5 rings (SSSR count). The van der Waals surface area contributed by atoms with E-state index in [0.717, 1.165) is 35.2 Å². The third-order valence-corrected chi connectivity index (χ3v) is 5.57. The third-order valence-electron chi connectivity index (χ3n) is 5.26. The van der Waals surface area contributed by atoms with E-state index in [-0.39, 0.29) is 39.7 Å². The lowest BCUT2D eigenvalue weighted by Gasteiger charge is -2.08. The van der Waals surface area contributed by atoms with Crippen molar-refractivity contribution in [3.8, 4) is 28.7 Å². The maximum Gasteiger partial charge on any atom is 0.451 e. The van der Waals surface area contributed by atoms with Crippen molar-refractivity contribution in [1.29, 1.82) is 0 Å². The van der Waals surface area contributed by atoms with Crippen LogP contribution in [0.4, 0.5) is 17.6 Å². The van der Waals surface area contributed by atoms with E-state index in [1.54, 1.807) is 6.92 Å². The maximum absolute atomic E-state index is 14.2. The topological polar surface area (TPSA) is 86.7 Å². The summed E-state index contributed by atoms with van der Waals surface area (Å²) in [6.07, 6.45) is -0.462. The van der Waals surface area contributed by atoms with Gasteiger partial charge < -0.3 is 4.42 Å². The van der Waals surface area contributed by atoms with Crippen LogP contribution in [0.2, 0.25) is 5.02 Å². The fraction of sp³-hybridized carbons (Fsp3) is 0.227. The van der Waals surface area contributed by atoms with E-state index in [2.05, 4.69) is 19.9 Å². The van der Waals surface area contributed by atoms with Gasteiger partial charge >= 0.3 is 11.9 Å². The number of benzene rings is 1. The Hall–Kier alpha value is -3.60. The zero-order chi connectivity index (χ0) is 24.2. The number of aryl methyl sites for hydroxylation is 1. The summed E-state index contributed by atoms with van der Waals surface area (Å²) >= 11 is 5.78. The van der Waals surface area contributed by atoms with Crippen molar-refractivity contribution in [3.05, 3.63) is 75.1 Å². The minimum absolute atomic E-state index is 0.0693. The highest BCUT2D eigenvalue weighted by Crippen LogP contribution is 2.40. The molecule has 7 nitrogen and oxygen atoms in total. The Balaban J connectivity index is 1.71. The van der Waals surface area contributed by atoms with E-state index in [1.165, 1.54) is 24.4 Å². The first-order valence-electron chi connectivity index (χ1n) is 10.1. The van der Waals surface area contributed by atoms with Crippen molar-refractivity contribution < 1.29 is 22.0 Å². The average Bonchev–Trinajstić information content (AvgIpc) is 3.54. The highest BCUT2D eigenvalue weighted by Gasteiger charge is 2.35. The van der Waals surface area contributed by atoms with Gasteiger partial charge in [-0.05, 0) is 49.6 Å². The maximum atomic E-state index is 14.2. The molecule has 174 valence electrons. The first kappa shape index (κ1) is 22.2. The SMILES string of the molecule is Cc1cn(-c2nc(-c3ccnc(C(F)(F)F)n3)oc2-c2ccc(Cl)c(F)c2)c(=O)nc1C1CC1. The normalized spacial score (nSPS) is 13.9. The largest absolute Gasteiger partial charge is 0.451 e. The van der Waals surface area contributed by atoms with Gasteiger partial charge in [-0.1, -0.05) is 11.6 Å². The zero-order valence-electron chi connectivity index (χ0n) is 17.4. The molecule has 0 saturated heterocycles.